The molecule has 162 valence electrons. The molecule has 3 aliphatic rings. The van der Waals surface area contributed by atoms with Gasteiger partial charge in [-0.2, -0.15) is 10.4 Å². The lowest BCUT2D eigenvalue weighted by Crippen LogP contribution is -2.43. The first kappa shape index (κ1) is 19.9. The lowest BCUT2D eigenvalue weighted by atomic mass is 9.95. The average Bonchev–Trinajstić information content (AvgIpc) is 3.23. The molecule has 0 radical (unpaired) electrons. The van der Waals surface area contributed by atoms with Crippen molar-refractivity contribution in [2.24, 2.45) is 5.92 Å². The lowest BCUT2D eigenvalue weighted by molar-refractivity contribution is 0.0928. The number of carbonyl (C=O) groups excluding carboxylic acids is 1. The highest BCUT2D eigenvalue weighted by Gasteiger charge is 2.46. The third kappa shape index (κ3) is 3.87. The van der Waals surface area contributed by atoms with Crippen LogP contribution in [0.4, 0.5) is 0 Å². The van der Waals surface area contributed by atoms with Crippen LogP contribution in [0.5, 0.6) is 5.75 Å². The van der Waals surface area contributed by atoms with Crippen LogP contribution < -0.4 is 10.1 Å². The molecule has 1 N–H and O–H groups in total. The number of hydrogen-bond donors (Lipinski definition) is 1. The molecule has 1 amide bonds. The van der Waals surface area contributed by atoms with Crippen LogP contribution in [0.1, 0.15) is 62.4 Å². The monoisotopic (exact) mass is 419 g/mol. The van der Waals surface area contributed by atoms with Crippen molar-refractivity contribution in [3.63, 3.8) is 0 Å². The van der Waals surface area contributed by atoms with Crippen LogP contribution in [0.2, 0.25) is 0 Å². The Labute approximate surface area is 183 Å². The summed E-state index contributed by atoms with van der Waals surface area (Å²) < 4.78 is 8.14. The van der Waals surface area contributed by atoms with E-state index in [2.05, 4.69) is 36.7 Å². The summed E-state index contributed by atoms with van der Waals surface area (Å²) in [4.78, 5) is 14.9. The Morgan fingerprint density at radius 2 is 2.10 bits per heavy atom. The third-order valence-electron chi connectivity index (χ3n) is 6.62. The molecule has 3 heterocycles. The van der Waals surface area contributed by atoms with Crippen molar-refractivity contribution in [2.75, 3.05) is 6.61 Å². The van der Waals surface area contributed by atoms with E-state index in [4.69, 9.17) is 4.74 Å². The summed E-state index contributed by atoms with van der Waals surface area (Å²) in [6, 6.07) is 6.61. The third-order valence-corrected chi connectivity index (χ3v) is 6.62. The Bertz CT molecular complexity index is 1020. The van der Waals surface area contributed by atoms with Gasteiger partial charge in [-0.15, -0.1) is 0 Å². The van der Waals surface area contributed by atoms with E-state index in [1.165, 1.54) is 12.8 Å². The number of hydrogen-bond acceptors (Lipinski definition) is 5. The maximum absolute atomic E-state index is 13.0. The van der Waals surface area contributed by atoms with Crippen LogP contribution in [0.25, 0.3) is 11.1 Å². The molecule has 5 rings (SSSR count). The van der Waals surface area contributed by atoms with E-state index >= 15 is 0 Å². The van der Waals surface area contributed by atoms with E-state index in [1.807, 2.05) is 34.0 Å². The second-order valence-corrected chi connectivity index (χ2v) is 9.48. The molecule has 0 unspecified atom stereocenters. The molecule has 1 aromatic carbocycles. The highest BCUT2D eigenvalue weighted by molar-refractivity contribution is 5.96. The Morgan fingerprint density at radius 3 is 2.81 bits per heavy atom. The molecule has 31 heavy (non-hydrogen) atoms. The number of nitriles is 1. The smallest absolute Gasteiger partial charge is 0.251 e. The van der Waals surface area contributed by atoms with Gasteiger partial charge in [0.05, 0.1) is 30.9 Å². The van der Waals surface area contributed by atoms with Gasteiger partial charge in [0.25, 0.3) is 5.91 Å². The maximum Gasteiger partial charge on any atom is 0.251 e. The predicted molar refractivity (Wildman–Crippen MR) is 116 cm³/mol. The Morgan fingerprint density at radius 1 is 1.29 bits per heavy atom. The highest BCUT2D eigenvalue weighted by Crippen LogP contribution is 2.38. The second-order valence-electron chi connectivity index (χ2n) is 9.48. The number of nitrogens with zero attached hydrogens (tertiary/aromatic N) is 4. The molecule has 0 spiro atoms. The van der Waals surface area contributed by atoms with Crippen molar-refractivity contribution in [1.82, 2.24) is 20.0 Å². The van der Waals surface area contributed by atoms with E-state index in [0.717, 1.165) is 30.4 Å². The normalized spacial score (nSPS) is 24.5. The largest absolute Gasteiger partial charge is 0.493 e. The zero-order valence-electron chi connectivity index (χ0n) is 18.1. The Hall–Kier alpha value is -3.01. The van der Waals surface area contributed by atoms with E-state index in [-0.39, 0.29) is 24.0 Å². The van der Waals surface area contributed by atoms with Crippen LogP contribution in [0.3, 0.4) is 0 Å². The minimum atomic E-state index is -0.106. The molecule has 3 fully saturated rings. The maximum atomic E-state index is 13.0. The van der Waals surface area contributed by atoms with Gasteiger partial charge >= 0.3 is 0 Å². The first-order chi connectivity index (χ1) is 15.0. The molecule has 2 bridgehead atoms. The standard InChI is InChI=1S/C24H29N5O2/c1-15(2)13-31-23-9-16(3-7-20(23)17-11-26-29(12-17)18-4-5-18)24(30)27-21-10-19-6-8-22(21)28(19)14-25/h3,7,9,11-12,15,18-19,21-22H,4-6,8,10,13H2,1-2H3,(H,27,30)/t19-,21+,22+/m0/s1. The molecule has 1 aromatic heterocycles. The number of rotatable bonds is 7. The zero-order valence-corrected chi connectivity index (χ0v) is 18.1. The molecule has 7 nitrogen and oxygen atoms in total. The van der Waals surface area contributed by atoms with E-state index in [1.54, 1.807) is 0 Å². The Kier molecular flexibility index (Phi) is 5.09. The fraction of sp³-hybridized carbons (Fsp3) is 0.542. The summed E-state index contributed by atoms with van der Waals surface area (Å²) in [6.45, 7) is 4.80. The minimum absolute atomic E-state index is 0.0300. The molecule has 2 saturated heterocycles. The van der Waals surface area contributed by atoms with Gasteiger partial charge in [-0.25, -0.2) is 0 Å². The second kappa shape index (κ2) is 7.92. The van der Waals surface area contributed by atoms with Crippen molar-refractivity contribution in [1.29, 1.82) is 5.26 Å². The highest BCUT2D eigenvalue weighted by atomic mass is 16.5. The Balaban J connectivity index is 1.36. The van der Waals surface area contributed by atoms with Gasteiger partial charge in [-0.3, -0.25) is 9.48 Å². The fourth-order valence-electron chi connectivity index (χ4n) is 4.85. The first-order valence-corrected chi connectivity index (χ1v) is 11.3. The van der Waals surface area contributed by atoms with Crippen molar-refractivity contribution in [3.05, 3.63) is 36.2 Å². The van der Waals surface area contributed by atoms with Crippen molar-refractivity contribution in [3.8, 4) is 23.1 Å². The lowest BCUT2D eigenvalue weighted by Gasteiger charge is -2.22. The SMILES string of the molecule is CC(C)COc1cc(C(=O)N[C@@H]2C[C@@H]3CC[C@H]2N3C#N)ccc1-c1cnn(C2CC2)c1. The predicted octanol–water partition coefficient (Wildman–Crippen LogP) is 3.74. The number of fused-ring (bicyclic) bond motifs is 2. The summed E-state index contributed by atoms with van der Waals surface area (Å²) in [5, 5.41) is 17.0. The quantitative estimate of drug-likeness (QED) is 0.692. The molecule has 2 aliphatic heterocycles. The number of amides is 1. The van der Waals surface area contributed by atoms with Gasteiger partial charge in [0.2, 0.25) is 0 Å². The van der Waals surface area contributed by atoms with Crippen molar-refractivity contribution >= 4 is 5.91 Å². The topological polar surface area (TPSA) is 83.2 Å². The number of carbonyl (C=O) groups is 1. The first-order valence-electron chi connectivity index (χ1n) is 11.3. The van der Waals surface area contributed by atoms with Crippen LogP contribution in [0.15, 0.2) is 30.6 Å². The number of nitrogens with one attached hydrogen (secondary N) is 1. The van der Waals surface area contributed by atoms with Gasteiger partial charge in [0, 0.05) is 28.9 Å². The average molecular weight is 420 g/mol. The molecular formula is C24H29N5O2. The van der Waals surface area contributed by atoms with Gasteiger partial charge < -0.3 is 15.0 Å². The van der Waals surface area contributed by atoms with Crippen LogP contribution in [-0.2, 0) is 0 Å². The van der Waals surface area contributed by atoms with E-state index < -0.39 is 0 Å². The van der Waals surface area contributed by atoms with Crippen LogP contribution in [-0.4, -0.2) is 45.3 Å². The van der Waals surface area contributed by atoms with Gasteiger partial charge in [-0.1, -0.05) is 13.8 Å². The van der Waals surface area contributed by atoms with Crippen LogP contribution in [0, 0.1) is 17.4 Å². The van der Waals surface area contributed by atoms with Crippen molar-refractivity contribution in [2.45, 2.75) is 70.1 Å². The van der Waals surface area contributed by atoms with E-state index in [9.17, 15) is 10.1 Å². The number of ether oxygens (including phenoxy) is 1. The molecule has 1 aliphatic carbocycles. The number of aromatic nitrogens is 2. The minimum Gasteiger partial charge on any atom is -0.493 e. The van der Waals surface area contributed by atoms with E-state index in [0.29, 0.717) is 29.9 Å². The molecular weight excluding hydrogens is 390 g/mol. The van der Waals surface area contributed by atoms with Crippen LogP contribution >= 0.6 is 0 Å². The van der Waals surface area contributed by atoms with Gasteiger partial charge in [-0.05, 0) is 56.2 Å². The molecule has 1 saturated carbocycles. The summed E-state index contributed by atoms with van der Waals surface area (Å²) in [6.07, 6.45) is 11.5. The number of benzene rings is 1. The van der Waals surface area contributed by atoms with Gasteiger partial charge in [0.15, 0.2) is 6.19 Å². The fourth-order valence-corrected chi connectivity index (χ4v) is 4.85. The summed E-state index contributed by atoms with van der Waals surface area (Å²) in [7, 11) is 0. The van der Waals surface area contributed by atoms with Gasteiger partial charge in [0.1, 0.15) is 5.75 Å². The summed E-state index contributed by atoms with van der Waals surface area (Å²) in [5.74, 6) is 0.985. The summed E-state index contributed by atoms with van der Waals surface area (Å²) >= 11 is 0. The summed E-state index contributed by atoms with van der Waals surface area (Å²) in [5.41, 5.74) is 2.55. The molecule has 7 heteroatoms. The van der Waals surface area contributed by atoms with Crippen molar-refractivity contribution < 1.29 is 9.53 Å². The zero-order chi connectivity index (χ0) is 21.5. The molecule has 3 atom stereocenters. The molecule has 2 aromatic rings.